The summed E-state index contributed by atoms with van der Waals surface area (Å²) < 4.78 is 37.6. The summed E-state index contributed by atoms with van der Waals surface area (Å²) in [5, 5.41) is 9.09. The van der Waals surface area contributed by atoms with Crippen LogP contribution >= 0.6 is 0 Å². The lowest BCUT2D eigenvalue weighted by atomic mass is 10.1. The van der Waals surface area contributed by atoms with Gasteiger partial charge in [0.2, 0.25) is 0 Å². The summed E-state index contributed by atoms with van der Waals surface area (Å²) >= 11 is 0. The average molecular weight is 269 g/mol. The molecule has 0 saturated carbocycles. The maximum absolute atomic E-state index is 12.5. The second-order valence-electron chi connectivity index (χ2n) is 4.56. The fourth-order valence-corrected chi connectivity index (χ4v) is 2.34. The van der Waals surface area contributed by atoms with E-state index in [0.29, 0.717) is 0 Å². The summed E-state index contributed by atoms with van der Waals surface area (Å²) in [6, 6.07) is 3.64. The van der Waals surface area contributed by atoms with Gasteiger partial charge in [-0.1, -0.05) is 0 Å². The Morgan fingerprint density at radius 1 is 1.42 bits per heavy atom. The van der Waals surface area contributed by atoms with Crippen LogP contribution in [0.15, 0.2) is 6.07 Å². The van der Waals surface area contributed by atoms with Gasteiger partial charge in [0.15, 0.2) is 0 Å². The van der Waals surface area contributed by atoms with Crippen molar-refractivity contribution in [1.29, 1.82) is 5.26 Å². The number of nitriles is 1. The number of hydrogen-bond donors (Lipinski definition) is 0. The fraction of sp³-hybridized carbons (Fsp3) is 0.538. The molecule has 0 fully saturated rings. The Balaban J connectivity index is 2.40. The number of fused-ring (bicyclic) bond motifs is 1. The first-order valence-corrected chi connectivity index (χ1v) is 6.19. The largest absolute Gasteiger partial charge is 0.405 e. The molecule has 1 aliphatic rings. The molecule has 102 valence electrons. The van der Waals surface area contributed by atoms with E-state index >= 15 is 0 Å². The predicted octanol–water partition coefficient (Wildman–Crippen LogP) is 2.83. The van der Waals surface area contributed by atoms with Crippen molar-refractivity contribution in [3.8, 4) is 6.07 Å². The summed E-state index contributed by atoms with van der Waals surface area (Å²) in [6.07, 6.45) is -1.73. The van der Waals surface area contributed by atoms with E-state index in [-0.39, 0.29) is 17.9 Å². The van der Waals surface area contributed by atoms with Gasteiger partial charge in [-0.05, 0) is 37.8 Å². The fourth-order valence-electron chi connectivity index (χ4n) is 2.34. The van der Waals surface area contributed by atoms with Crippen LogP contribution in [0.1, 0.15) is 30.2 Å². The maximum atomic E-state index is 12.5. The number of anilines is 1. The van der Waals surface area contributed by atoms with Gasteiger partial charge in [0, 0.05) is 12.2 Å². The third kappa shape index (κ3) is 2.98. The lowest BCUT2D eigenvalue weighted by molar-refractivity contribution is -0.119. The molecule has 0 unspecified atom stereocenters. The van der Waals surface area contributed by atoms with E-state index < -0.39 is 12.7 Å². The molecule has 19 heavy (non-hydrogen) atoms. The van der Waals surface area contributed by atoms with Gasteiger partial charge < -0.3 is 4.90 Å². The average Bonchev–Trinajstić information content (AvgIpc) is 2.80. The summed E-state index contributed by atoms with van der Waals surface area (Å²) in [5.74, 6) is 0.156. The highest BCUT2D eigenvalue weighted by Crippen LogP contribution is 2.28. The van der Waals surface area contributed by atoms with Gasteiger partial charge in [-0.3, -0.25) is 0 Å². The Morgan fingerprint density at radius 3 is 2.74 bits per heavy atom. The Morgan fingerprint density at radius 2 is 2.16 bits per heavy atom. The molecule has 0 aliphatic heterocycles. The number of nitrogens with zero attached hydrogens (tertiary/aromatic N) is 3. The van der Waals surface area contributed by atoms with Gasteiger partial charge in [-0.2, -0.15) is 18.4 Å². The molecule has 0 radical (unpaired) electrons. The van der Waals surface area contributed by atoms with E-state index in [9.17, 15) is 13.2 Å². The molecule has 0 aromatic carbocycles. The zero-order valence-electron chi connectivity index (χ0n) is 10.6. The molecular formula is C13H14F3N3. The van der Waals surface area contributed by atoms with E-state index in [1.54, 1.807) is 13.0 Å². The molecule has 1 aliphatic carbocycles. The van der Waals surface area contributed by atoms with Gasteiger partial charge in [0.05, 0.1) is 5.56 Å². The van der Waals surface area contributed by atoms with Crippen LogP contribution in [-0.4, -0.2) is 24.2 Å². The maximum Gasteiger partial charge on any atom is 0.405 e. The number of alkyl halides is 3. The van der Waals surface area contributed by atoms with Crippen LogP contribution in [0.2, 0.25) is 0 Å². The molecule has 0 saturated heterocycles. The van der Waals surface area contributed by atoms with Crippen LogP contribution in [0.4, 0.5) is 19.0 Å². The summed E-state index contributed by atoms with van der Waals surface area (Å²) in [7, 11) is 0. The monoisotopic (exact) mass is 269 g/mol. The Kier molecular flexibility index (Phi) is 3.65. The summed E-state index contributed by atoms with van der Waals surface area (Å²) in [5.41, 5.74) is 2.05. The molecule has 0 amide bonds. The van der Waals surface area contributed by atoms with E-state index in [1.807, 2.05) is 6.07 Å². The van der Waals surface area contributed by atoms with Gasteiger partial charge in [-0.15, -0.1) is 0 Å². The van der Waals surface area contributed by atoms with Crippen LogP contribution in [0.3, 0.4) is 0 Å². The summed E-state index contributed by atoms with van der Waals surface area (Å²) in [6.45, 7) is 0.714. The minimum atomic E-state index is -4.30. The zero-order chi connectivity index (χ0) is 14.0. The number of rotatable bonds is 3. The molecule has 6 heteroatoms. The molecule has 0 atom stereocenters. The highest BCUT2D eigenvalue weighted by molar-refractivity contribution is 5.56. The lowest BCUT2D eigenvalue weighted by Gasteiger charge is -2.24. The predicted molar refractivity (Wildman–Crippen MR) is 64.9 cm³/mol. The number of aromatic nitrogens is 1. The number of aryl methyl sites for hydroxylation is 2. The molecule has 1 aromatic rings. The molecular weight excluding hydrogens is 255 g/mol. The van der Waals surface area contributed by atoms with Crippen LogP contribution in [-0.2, 0) is 12.8 Å². The molecule has 3 nitrogen and oxygen atoms in total. The SMILES string of the molecule is CCN(CC(F)(F)F)c1nc2c(cc1C#N)CCC2. The van der Waals surface area contributed by atoms with Gasteiger partial charge in [0.1, 0.15) is 18.4 Å². The van der Waals surface area contributed by atoms with E-state index in [1.165, 1.54) is 0 Å². The van der Waals surface area contributed by atoms with E-state index in [0.717, 1.165) is 35.4 Å². The van der Waals surface area contributed by atoms with Crippen molar-refractivity contribution in [3.63, 3.8) is 0 Å². The highest BCUT2D eigenvalue weighted by atomic mass is 19.4. The first-order chi connectivity index (χ1) is 8.94. The molecule has 0 spiro atoms. The second kappa shape index (κ2) is 5.08. The van der Waals surface area contributed by atoms with Crippen LogP contribution in [0, 0.1) is 11.3 Å². The van der Waals surface area contributed by atoms with Crippen LogP contribution in [0.25, 0.3) is 0 Å². The Bertz CT molecular complexity index is 517. The van der Waals surface area contributed by atoms with Crippen molar-refractivity contribution >= 4 is 5.82 Å². The van der Waals surface area contributed by atoms with Gasteiger partial charge >= 0.3 is 6.18 Å². The van der Waals surface area contributed by atoms with Crippen molar-refractivity contribution in [2.24, 2.45) is 0 Å². The first kappa shape index (κ1) is 13.7. The molecule has 1 aromatic heterocycles. The molecule has 0 bridgehead atoms. The smallest absolute Gasteiger partial charge is 0.347 e. The third-order valence-electron chi connectivity index (χ3n) is 3.20. The van der Waals surface area contributed by atoms with Crippen LogP contribution in [0.5, 0.6) is 0 Å². The van der Waals surface area contributed by atoms with Gasteiger partial charge in [0.25, 0.3) is 0 Å². The van der Waals surface area contributed by atoms with Crippen molar-refractivity contribution in [1.82, 2.24) is 4.98 Å². The van der Waals surface area contributed by atoms with Crippen molar-refractivity contribution in [2.75, 3.05) is 18.0 Å². The van der Waals surface area contributed by atoms with E-state index in [4.69, 9.17) is 5.26 Å². The third-order valence-corrected chi connectivity index (χ3v) is 3.20. The quantitative estimate of drug-likeness (QED) is 0.847. The highest BCUT2D eigenvalue weighted by Gasteiger charge is 2.32. The normalized spacial score (nSPS) is 14.1. The number of pyridine rings is 1. The minimum absolute atomic E-state index is 0.156. The minimum Gasteiger partial charge on any atom is -0.347 e. The van der Waals surface area contributed by atoms with Crippen LogP contribution < -0.4 is 4.90 Å². The second-order valence-corrected chi connectivity index (χ2v) is 4.56. The van der Waals surface area contributed by atoms with Crippen molar-refractivity contribution < 1.29 is 13.2 Å². The van der Waals surface area contributed by atoms with Crippen molar-refractivity contribution in [3.05, 3.63) is 22.9 Å². The molecule has 0 N–H and O–H groups in total. The zero-order valence-corrected chi connectivity index (χ0v) is 10.6. The first-order valence-electron chi connectivity index (χ1n) is 6.19. The molecule has 1 heterocycles. The number of halogens is 3. The summed E-state index contributed by atoms with van der Waals surface area (Å²) in [4.78, 5) is 5.39. The Labute approximate surface area is 109 Å². The Hall–Kier alpha value is -1.77. The lowest BCUT2D eigenvalue weighted by Crippen LogP contribution is -2.35. The number of hydrogen-bond acceptors (Lipinski definition) is 3. The van der Waals surface area contributed by atoms with Crippen molar-refractivity contribution in [2.45, 2.75) is 32.4 Å². The van der Waals surface area contributed by atoms with E-state index in [2.05, 4.69) is 4.98 Å². The standard InChI is InChI=1S/C13H14F3N3/c1-2-19(8-13(14,15)16)12-10(7-17)6-9-4-3-5-11(9)18-12/h6H,2-5,8H2,1H3. The topological polar surface area (TPSA) is 39.9 Å². The van der Waals surface area contributed by atoms with Gasteiger partial charge in [-0.25, -0.2) is 4.98 Å². The molecule has 2 rings (SSSR count).